The van der Waals surface area contributed by atoms with Crippen molar-refractivity contribution in [1.82, 2.24) is 15.3 Å². The lowest BCUT2D eigenvalue weighted by Crippen LogP contribution is -2.30. The maximum absolute atomic E-state index is 11.5. The molecule has 0 aliphatic heterocycles. The zero-order chi connectivity index (χ0) is 12.3. The van der Waals surface area contributed by atoms with Crippen LogP contribution < -0.4 is 5.32 Å². The number of nitrogens with zero attached hydrogens (tertiary/aromatic N) is 2. The van der Waals surface area contributed by atoms with Crippen molar-refractivity contribution in [3.8, 4) is 0 Å². The standard InChI is InChI=1S/C9H13N3O3S/c1-6(2)12-8(13)7-4-10-9(11-5-7)16(3,14)15/h4-6H,1-3H3,(H,12,13). The number of nitrogens with one attached hydrogen (secondary N) is 1. The zero-order valence-corrected chi connectivity index (χ0v) is 10.1. The molecule has 0 aromatic carbocycles. The van der Waals surface area contributed by atoms with Gasteiger partial charge < -0.3 is 5.32 Å². The van der Waals surface area contributed by atoms with Crippen LogP contribution in [-0.2, 0) is 9.84 Å². The van der Waals surface area contributed by atoms with Gasteiger partial charge in [-0.1, -0.05) is 0 Å². The van der Waals surface area contributed by atoms with Crippen LogP contribution in [-0.4, -0.2) is 36.6 Å². The van der Waals surface area contributed by atoms with E-state index in [1.807, 2.05) is 13.8 Å². The predicted octanol–water partition coefficient (Wildman–Crippen LogP) is 0.0183. The smallest absolute Gasteiger partial charge is 0.254 e. The average molecular weight is 243 g/mol. The van der Waals surface area contributed by atoms with Crippen LogP contribution in [0.1, 0.15) is 24.2 Å². The molecular weight excluding hydrogens is 230 g/mol. The molecule has 16 heavy (non-hydrogen) atoms. The van der Waals surface area contributed by atoms with Gasteiger partial charge in [-0.3, -0.25) is 4.79 Å². The molecule has 1 rings (SSSR count). The van der Waals surface area contributed by atoms with E-state index in [9.17, 15) is 13.2 Å². The molecule has 0 unspecified atom stereocenters. The van der Waals surface area contributed by atoms with E-state index < -0.39 is 9.84 Å². The van der Waals surface area contributed by atoms with E-state index >= 15 is 0 Å². The third-order valence-corrected chi connectivity index (χ3v) is 2.52. The van der Waals surface area contributed by atoms with Gasteiger partial charge in [0.05, 0.1) is 5.56 Å². The van der Waals surface area contributed by atoms with Gasteiger partial charge in [-0.15, -0.1) is 0 Å². The monoisotopic (exact) mass is 243 g/mol. The third kappa shape index (κ3) is 3.27. The number of sulfone groups is 1. The molecule has 6 nitrogen and oxygen atoms in total. The van der Waals surface area contributed by atoms with Crippen molar-refractivity contribution in [1.29, 1.82) is 0 Å². The summed E-state index contributed by atoms with van der Waals surface area (Å²) >= 11 is 0. The average Bonchev–Trinajstić information content (AvgIpc) is 2.15. The van der Waals surface area contributed by atoms with E-state index in [-0.39, 0.29) is 22.7 Å². The van der Waals surface area contributed by atoms with E-state index in [1.165, 1.54) is 12.4 Å². The highest BCUT2D eigenvalue weighted by atomic mass is 32.2. The second-order valence-electron chi connectivity index (χ2n) is 3.65. The third-order valence-electron chi connectivity index (χ3n) is 1.64. The second kappa shape index (κ2) is 4.56. The normalized spacial score (nSPS) is 11.5. The van der Waals surface area contributed by atoms with Gasteiger partial charge in [-0.05, 0) is 13.8 Å². The van der Waals surface area contributed by atoms with E-state index in [0.29, 0.717) is 0 Å². The van der Waals surface area contributed by atoms with Crippen LogP contribution in [0.5, 0.6) is 0 Å². The quantitative estimate of drug-likeness (QED) is 0.756. The molecule has 0 atom stereocenters. The molecule has 1 aromatic rings. The summed E-state index contributed by atoms with van der Waals surface area (Å²) in [6.45, 7) is 3.65. The predicted molar refractivity (Wildman–Crippen MR) is 57.7 cm³/mol. The first-order valence-electron chi connectivity index (χ1n) is 4.63. The molecule has 1 heterocycles. The van der Waals surface area contributed by atoms with Crippen LogP contribution in [0.3, 0.4) is 0 Å². The highest BCUT2D eigenvalue weighted by molar-refractivity contribution is 7.90. The molecule has 1 aromatic heterocycles. The van der Waals surface area contributed by atoms with Crippen LogP contribution in [0.2, 0.25) is 0 Å². The van der Waals surface area contributed by atoms with Crippen LogP contribution in [0.15, 0.2) is 17.6 Å². The molecule has 0 aliphatic rings. The first-order valence-corrected chi connectivity index (χ1v) is 6.53. The summed E-state index contributed by atoms with van der Waals surface area (Å²) in [5.74, 6) is -0.324. The molecule has 88 valence electrons. The fraction of sp³-hybridized carbons (Fsp3) is 0.444. The first kappa shape index (κ1) is 12.6. The molecule has 7 heteroatoms. The van der Waals surface area contributed by atoms with Crippen molar-refractivity contribution in [3.05, 3.63) is 18.0 Å². The molecule has 0 saturated heterocycles. The van der Waals surface area contributed by atoms with Gasteiger partial charge in [0, 0.05) is 24.7 Å². The van der Waals surface area contributed by atoms with Crippen LogP contribution >= 0.6 is 0 Å². The minimum atomic E-state index is -3.42. The molecular formula is C9H13N3O3S. The Labute approximate surface area is 94.0 Å². The molecule has 0 radical (unpaired) electrons. The molecule has 0 bridgehead atoms. The Hall–Kier alpha value is -1.50. The second-order valence-corrected chi connectivity index (χ2v) is 5.56. The lowest BCUT2D eigenvalue weighted by molar-refractivity contribution is 0.0942. The highest BCUT2D eigenvalue weighted by Crippen LogP contribution is 2.02. The number of aromatic nitrogens is 2. The van der Waals surface area contributed by atoms with Gasteiger partial charge in [0.2, 0.25) is 15.0 Å². The lowest BCUT2D eigenvalue weighted by atomic mass is 10.3. The van der Waals surface area contributed by atoms with Crippen LogP contribution in [0.25, 0.3) is 0 Å². The molecule has 1 N–H and O–H groups in total. The van der Waals surface area contributed by atoms with Crippen molar-refractivity contribution >= 4 is 15.7 Å². The minimum Gasteiger partial charge on any atom is -0.350 e. The Morgan fingerprint density at radius 2 is 1.81 bits per heavy atom. The van der Waals surface area contributed by atoms with Gasteiger partial charge in [0.15, 0.2) is 0 Å². The molecule has 1 amide bonds. The summed E-state index contributed by atoms with van der Waals surface area (Å²) in [5.41, 5.74) is 0.237. The van der Waals surface area contributed by atoms with Crippen molar-refractivity contribution in [2.45, 2.75) is 25.0 Å². The number of amides is 1. The Kier molecular flexibility index (Phi) is 3.58. The first-order chi connectivity index (χ1) is 7.30. The van der Waals surface area contributed by atoms with Gasteiger partial charge in [-0.25, -0.2) is 18.4 Å². The fourth-order valence-corrected chi connectivity index (χ4v) is 1.46. The van der Waals surface area contributed by atoms with Gasteiger partial charge in [0.25, 0.3) is 5.91 Å². The van der Waals surface area contributed by atoms with Crippen molar-refractivity contribution in [2.75, 3.05) is 6.26 Å². The van der Waals surface area contributed by atoms with Crippen molar-refractivity contribution < 1.29 is 13.2 Å². The van der Waals surface area contributed by atoms with Gasteiger partial charge in [0.1, 0.15) is 0 Å². The number of carbonyl (C=O) groups is 1. The van der Waals surface area contributed by atoms with Gasteiger partial charge in [-0.2, -0.15) is 0 Å². The largest absolute Gasteiger partial charge is 0.350 e. The maximum Gasteiger partial charge on any atom is 0.254 e. The maximum atomic E-state index is 11.5. The zero-order valence-electron chi connectivity index (χ0n) is 9.26. The highest BCUT2D eigenvalue weighted by Gasteiger charge is 2.13. The van der Waals surface area contributed by atoms with E-state index in [2.05, 4.69) is 15.3 Å². The Morgan fingerprint density at radius 1 is 1.31 bits per heavy atom. The Balaban J connectivity index is 2.92. The summed E-state index contributed by atoms with van der Waals surface area (Å²) in [7, 11) is -3.42. The van der Waals surface area contributed by atoms with Crippen LogP contribution in [0, 0.1) is 0 Å². The summed E-state index contributed by atoms with van der Waals surface area (Å²) in [5, 5.41) is 2.37. The van der Waals surface area contributed by atoms with E-state index in [1.54, 1.807) is 0 Å². The molecule has 0 spiro atoms. The number of carbonyl (C=O) groups excluding carboxylic acids is 1. The summed E-state index contributed by atoms with van der Waals surface area (Å²) in [6.07, 6.45) is 3.40. The van der Waals surface area contributed by atoms with E-state index in [0.717, 1.165) is 6.26 Å². The summed E-state index contributed by atoms with van der Waals surface area (Å²) < 4.78 is 22.1. The number of hydrogen-bond donors (Lipinski definition) is 1. The van der Waals surface area contributed by atoms with E-state index in [4.69, 9.17) is 0 Å². The molecule has 0 aliphatic carbocycles. The molecule has 0 saturated carbocycles. The molecule has 0 fully saturated rings. The summed E-state index contributed by atoms with van der Waals surface area (Å²) in [6, 6.07) is 0.00193. The topological polar surface area (TPSA) is 89.0 Å². The SMILES string of the molecule is CC(C)NC(=O)c1cnc(S(C)(=O)=O)nc1. The van der Waals surface area contributed by atoms with Crippen molar-refractivity contribution in [2.24, 2.45) is 0 Å². The Bertz CT molecular complexity index is 479. The Morgan fingerprint density at radius 3 is 2.19 bits per heavy atom. The van der Waals surface area contributed by atoms with Crippen molar-refractivity contribution in [3.63, 3.8) is 0 Å². The number of hydrogen-bond acceptors (Lipinski definition) is 5. The lowest BCUT2D eigenvalue weighted by Gasteiger charge is -2.07. The summed E-state index contributed by atoms with van der Waals surface area (Å²) in [4.78, 5) is 18.7. The minimum absolute atomic E-state index is 0.00193. The fourth-order valence-electron chi connectivity index (χ4n) is 0.970. The number of rotatable bonds is 3. The van der Waals surface area contributed by atoms with Crippen LogP contribution in [0.4, 0.5) is 0 Å². The van der Waals surface area contributed by atoms with Gasteiger partial charge >= 0.3 is 0 Å².